The number of fused-ring (bicyclic) bond motifs is 1. The van der Waals surface area contributed by atoms with Gasteiger partial charge in [-0.25, -0.2) is 13.1 Å². The fraction of sp³-hybridized carbons (Fsp3) is 0.478. The molecule has 2 aromatic carbocycles. The molecule has 2 aromatic rings. The van der Waals surface area contributed by atoms with Gasteiger partial charge in [-0.2, -0.15) is 0 Å². The molecule has 3 rings (SSSR count). The molecule has 0 amide bonds. The third-order valence-corrected chi connectivity index (χ3v) is 6.93. The lowest BCUT2D eigenvalue weighted by Gasteiger charge is -2.35. The van der Waals surface area contributed by atoms with Gasteiger partial charge in [0.1, 0.15) is 12.4 Å². The van der Waals surface area contributed by atoms with Crippen molar-refractivity contribution < 1.29 is 17.9 Å². The summed E-state index contributed by atoms with van der Waals surface area (Å²) in [5.74, 6) is 0.632. The normalized spacial score (nSPS) is 15.5. The molecule has 1 atom stereocenters. The second kappa shape index (κ2) is 10.9. The van der Waals surface area contributed by atoms with Gasteiger partial charge >= 0.3 is 0 Å². The van der Waals surface area contributed by atoms with Crippen LogP contribution < -0.4 is 9.46 Å². The van der Waals surface area contributed by atoms with Crippen LogP contribution in [-0.2, 0) is 27.7 Å². The van der Waals surface area contributed by atoms with E-state index in [1.165, 1.54) is 11.1 Å². The molecule has 0 spiro atoms. The molecule has 1 N–H and O–H groups in total. The smallest absolute Gasteiger partial charge is 0.240 e. The lowest BCUT2D eigenvalue weighted by molar-refractivity contribution is 0.110. The number of benzene rings is 2. The van der Waals surface area contributed by atoms with Crippen molar-refractivity contribution in [3.63, 3.8) is 0 Å². The van der Waals surface area contributed by atoms with Crippen LogP contribution in [0.25, 0.3) is 0 Å². The zero-order valence-corrected chi connectivity index (χ0v) is 18.7. The predicted molar refractivity (Wildman–Crippen MR) is 118 cm³/mol. The molecule has 6 nitrogen and oxygen atoms in total. The van der Waals surface area contributed by atoms with Crippen LogP contribution in [-0.4, -0.2) is 52.3 Å². The average Bonchev–Trinajstić information content (AvgIpc) is 2.77. The molecule has 7 heteroatoms. The van der Waals surface area contributed by atoms with Gasteiger partial charge in [0.2, 0.25) is 10.0 Å². The van der Waals surface area contributed by atoms with Gasteiger partial charge in [0.05, 0.1) is 11.5 Å². The highest BCUT2D eigenvalue weighted by Crippen LogP contribution is 2.22. The zero-order chi connectivity index (χ0) is 21.4. The Morgan fingerprint density at radius 3 is 2.47 bits per heavy atom. The topological polar surface area (TPSA) is 67.9 Å². The highest BCUT2D eigenvalue weighted by molar-refractivity contribution is 7.89. The summed E-state index contributed by atoms with van der Waals surface area (Å²) in [6.45, 7) is 7.85. The third-order valence-electron chi connectivity index (χ3n) is 5.49. The molecule has 0 fully saturated rings. The van der Waals surface area contributed by atoms with E-state index in [1.807, 2.05) is 6.92 Å². The minimum Gasteiger partial charge on any atom is -0.491 e. The summed E-state index contributed by atoms with van der Waals surface area (Å²) in [6.07, 6.45) is 1.89. The van der Waals surface area contributed by atoms with Crippen molar-refractivity contribution in [2.45, 2.75) is 44.2 Å². The van der Waals surface area contributed by atoms with E-state index in [0.717, 1.165) is 25.9 Å². The molecule has 0 saturated heterocycles. The molecule has 1 aliphatic heterocycles. The van der Waals surface area contributed by atoms with Gasteiger partial charge in [0, 0.05) is 32.3 Å². The van der Waals surface area contributed by atoms with E-state index in [2.05, 4.69) is 40.8 Å². The van der Waals surface area contributed by atoms with Crippen molar-refractivity contribution in [3.05, 3.63) is 59.7 Å². The fourth-order valence-electron chi connectivity index (χ4n) is 3.73. The van der Waals surface area contributed by atoms with Crippen molar-refractivity contribution in [2.24, 2.45) is 0 Å². The van der Waals surface area contributed by atoms with Gasteiger partial charge in [-0.15, -0.1) is 0 Å². The molecule has 0 saturated carbocycles. The largest absolute Gasteiger partial charge is 0.491 e. The average molecular weight is 433 g/mol. The summed E-state index contributed by atoms with van der Waals surface area (Å²) in [6, 6.07) is 15.2. The number of nitrogens with zero attached hydrogens (tertiary/aromatic N) is 1. The van der Waals surface area contributed by atoms with Crippen LogP contribution in [0.5, 0.6) is 5.75 Å². The minimum atomic E-state index is -3.57. The van der Waals surface area contributed by atoms with Crippen LogP contribution >= 0.6 is 0 Å². The number of ether oxygens (including phenoxy) is 2. The quantitative estimate of drug-likeness (QED) is 0.552. The number of hydrogen-bond acceptors (Lipinski definition) is 5. The second-order valence-corrected chi connectivity index (χ2v) is 9.19. The Hall–Kier alpha value is -1.93. The first-order chi connectivity index (χ1) is 14.5. The van der Waals surface area contributed by atoms with Gasteiger partial charge in [-0.3, -0.25) is 4.90 Å². The van der Waals surface area contributed by atoms with Gasteiger partial charge in [-0.05, 0) is 55.2 Å². The van der Waals surface area contributed by atoms with Crippen molar-refractivity contribution in [1.29, 1.82) is 0 Å². The van der Waals surface area contributed by atoms with Crippen molar-refractivity contribution in [1.82, 2.24) is 9.62 Å². The van der Waals surface area contributed by atoms with Crippen molar-refractivity contribution in [3.8, 4) is 5.75 Å². The Kier molecular flexibility index (Phi) is 8.27. The second-order valence-electron chi connectivity index (χ2n) is 7.42. The van der Waals surface area contributed by atoms with Gasteiger partial charge in [-0.1, -0.05) is 31.2 Å². The fourth-order valence-corrected chi connectivity index (χ4v) is 4.80. The molecule has 0 aliphatic carbocycles. The Labute approximate surface area is 180 Å². The number of sulfonamides is 1. The van der Waals surface area contributed by atoms with Crippen molar-refractivity contribution >= 4 is 10.0 Å². The maximum Gasteiger partial charge on any atom is 0.240 e. The highest BCUT2D eigenvalue weighted by Gasteiger charge is 2.24. The van der Waals surface area contributed by atoms with Gasteiger partial charge in [0.15, 0.2) is 0 Å². The summed E-state index contributed by atoms with van der Waals surface area (Å²) >= 11 is 0. The lowest BCUT2D eigenvalue weighted by atomic mass is 9.98. The van der Waals surface area contributed by atoms with E-state index < -0.39 is 10.0 Å². The zero-order valence-electron chi connectivity index (χ0n) is 17.8. The number of rotatable bonds is 11. The first kappa shape index (κ1) is 22.7. The molecule has 1 aliphatic rings. The van der Waals surface area contributed by atoms with Crippen LogP contribution in [0.3, 0.4) is 0 Å². The molecule has 1 heterocycles. The monoisotopic (exact) mass is 432 g/mol. The predicted octanol–water partition coefficient (Wildman–Crippen LogP) is 3.22. The van der Waals surface area contributed by atoms with Crippen LogP contribution in [0.4, 0.5) is 0 Å². The molecular formula is C23H32N2O4S. The highest BCUT2D eigenvalue weighted by atomic mass is 32.2. The van der Waals surface area contributed by atoms with E-state index in [4.69, 9.17) is 9.47 Å². The lowest BCUT2D eigenvalue weighted by Crippen LogP contribution is -2.45. The maximum absolute atomic E-state index is 12.8. The summed E-state index contributed by atoms with van der Waals surface area (Å²) in [4.78, 5) is 2.62. The maximum atomic E-state index is 12.8. The van der Waals surface area contributed by atoms with E-state index in [0.29, 0.717) is 32.1 Å². The summed E-state index contributed by atoms with van der Waals surface area (Å²) < 4.78 is 39.1. The Balaban J connectivity index is 1.55. The first-order valence-electron chi connectivity index (χ1n) is 10.6. The summed E-state index contributed by atoms with van der Waals surface area (Å²) in [7, 11) is -3.57. The Morgan fingerprint density at radius 1 is 1.03 bits per heavy atom. The Morgan fingerprint density at radius 2 is 1.77 bits per heavy atom. The molecule has 164 valence electrons. The first-order valence-corrected chi connectivity index (χ1v) is 12.1. The van der Waals surface area contributed by atoms with Crippen LogP contribution in [0.2, 0.25) is 0 Å². The molecule has 0 bridgehead atoms. The van der Waals surface area contributed by atoms with Crippen LogP contribution in [0.1, 0.15) is 31.4 Å². The minimum absolute atomic E-state index is 0.161. The van der Waals surface area contributed by atoms with Crippen LogP contribution in [0, 0.1) is 0 Å². The summed E-state index contributed by atoms with van der Waals surface area (Å²) in [5, 5.41) is 0. The van der Waals surface area contributed by atoms with Crippen LogP contribution in [0.15, 0.2) is 53.4 Å². The Bertz CT molecular complexity index is 900. The molecular weight excluding hydrogens is 400 g/mol. The van der Waals surface area contributed by atoms with Crippen molar-refractivity contribution in [2.75, 3.05) is 32.9 Å². The van der Waals surface area contributed by atoms with Gasteiger partial charge in [0.25, 0.3) is 0 Å². The number of nitrogens with one attached hydrogen (secondary N) is 1. The molecule has 30 heavy (non-hydrogen) atoms. The van der Waals surface area contributed by atoms with E-state index in [9.17, 15) is 8.42 Å². The summed E-state index contributed by atoms with van der Waals surface area (Å²) in [5.41, 5.74) is 2.73. The molecule has 1 unspecified atom stereocenters. The number of hydrogen-bond donors (Lipinski definition) is 1. The third kappa shape index (κ3) is 6.04. The van der Waals surface area contributed by atoms with E-state index in [-0.39, 0.29) is 10.9 Å². The molecule has 0 radical (unpaired) electrons. The van der Waals surface area contributed by atoms with E-state index >= 15 is 0 Å². The SMILES string of the molecule is CCOCCOc1ccc(S(=O)(=O)NCC(CC)N2CCc3ccccc3C2)cc1. The standard InChI is InChI=1S/C23H32N2O4S/c1-3-21(25-14-13-19-7-5-6-8-20(19)18-25)17-24-30(26,27)23-11-9-22(10-12-23)29-16-15-28-4-2/h5-12,21,24H,3-4,13-18H2,1-2H3. The van der Waals surface area contributed by atoms with Gasteiger partial charge < -0.3 is 9.47 Å². The van der Waals surface area contributed by atoms with E-state index in [1.54, 1.807) is 24.3 Å². The molecule has 0 aromatic heterocycles.